The van der Waals surface area contributed by atoms with E-state index in [9.17, 15) is 9.90 Å². The van der Waals surface area contributed by atoms with E-state index in [1.54, 1.807) is 0 Å². The lowest BCUT2D eigenvalue weighted by Gasteiger charge is -2.22. The van der Waals surface area contributed by atoms with Gasteiger partial charge in [-0.1, -0.05) is 26.8 Å². The molecule has 1 unspecified atom stereocenters. The summed E-state index contributed by atoms with van der Waals surface area (Å²) in [6.45, 7) is 7.22. The third-order valence-corrected chi connectivity index (χ3v) is 1.40. The van der Waals surface area contributed by atoms with Crippen LogP contribution in [0.25, 0.3) is 0 Å². The lowest BCUT2D eigenvalue weighted by Crippen LogP contribution is -2.23. The van der Waals surface area contributed by atoms with Gasteiger partial charge < -0.3 is 5.11 Å². The van der Waals surface area contributed by atoms with Crippen molar-refractivity contribution in [2.75, 3.05) is 0 Å². The molecule has 0 rings (SSSR count). The van der Waals surface area contributed by atoms with Gasteiger partial charge in [-0.2, -0.15) is 0 Å². The van der Waals surface area contributed by atoms with Crippen LogP contribution in [0.2, 0.25) is 0 Å². The molecule has 0 saturated carbocycles. The number of hydrogen-bond acceptors (Lipinski definition) is 2. The Morgan fingerprint density at radius 1 is 1.45 bits per heavy atom. The molecule has 1 N–H and O–H groups in total. The molecular formula is C9H16O2. The molecular weight excluding hydrogens is 140 g/mol. The fraction of sp³-hybridized carbons (Fsp3) is 0.667. The van der Waals surface area contributed by atoms with Crippen LogP contribution in [0.1, 0.15) is 27.7 Å². The largest absolute Gasteiger partial charge is 0.388 e. The molecule has 0 heterocycles. The van der Waals surface area contributed by atoms with Gasteiger partial charge in [0.25, 0.3) is 0 Å². The van der Waals surface area contributed by atoms with Gasteiger partial charge in [-0.05, 0) is 18.4 Å². The fourth-order valence-electron chi connectivity index (χ4n) is 0.515. The normalized spacial score (nSPS) is 15.4. The second kappa shape index (κ2) is 3.67. The van der Waals surface area contributed by atoms with Crippen LogP contribution in [0, 0.1) is 5.41 Å². The first-order valence-corrected chi connectivity index (χ1v) is 3.71. The topological polar surface area (TPSA) is 37.3 Å². The standard InChI is InChI=1S/C9H16O2/c1-7(10)5-6-8(11)9(2,3)4/h5-6,8,11H,1-4H3/b6-5+. The lowest BCUT2D eigenvalue weighted by molar-refractivity contribution is -0.112. The summed E-state index contributed by atoms with van der Waals surface area (Å²) in [5, 5.41) is 9.40. The Labute approximate surface area is 67.9 Å². The number of ketones is 1. The van der Waals surface area contributed by atoms with Crippen molar-refractivity contribution in [2.45, 2.75) is 33.8 Å². The first-order valence-electron chi connectivity index (χ1n) is 3.71. The molecule has 0 saturated heterocycles. The Kier molecular flexibility index (Phi) is 3.46. The zero-order chi connectivity index (χ0) is 9.07. The van der Waals surface area contributed by atoms with Crippen LogP contribution in [-0.2, 0) is 4.79 Å². The highest BCUT2D eigenvalue weighted by Gasteiger charge is 2.18. The zero-order valence-corrected chi connectivity index (χ0v) is 7.59. The second-order valence-corrected chi connectivity index (χ2v) is 3.78. The van der Waals surface area contributed by atoms with Crippen molar-refractivity contribution in [2.24, 2.45) is 5.41 Å². The molecule has 1 atom stereocenters. The number of carbonyl (C=O) groups is 1. The van der Waals surface area contributed by atoms with Gasteiger partial charge in [0, 0.05) is 0 Å². The highest BCUT2D eigenvalue weighted by Crippen LogP contribution is 2.19. The van der Waals surface area contributed by atoms with Crippen molar-refractivity contribution < 1.29 is 9.90 Å². The molecule has 0 fully saturated rings. The van der Waals surface area contributed by atoms with Crippen molar-refractivity contribution in [3.8, 4) is 0 Å². The molecule has 0 amide bonds. The van der Waals surface area contributed by atoms with Gasteiger partial charge in [-0.25, -0.2) is 0 Å². The third-order valence-electron chi connectivity index (χ3n) is 1.40. The van der Waals surface area contributed by atoms with E-state index in [1.807, 2.05) is 20.8 Å². The smallest absolute Gasteiger partial charge is 0.152 e. The van der Waals surface area contributed by atoms with E-state index in [-0.39, 0.29) is 11.2 Å². The minimum Gasteiger partial charge on any atom is -0.388 e. The Morgan fingerprint density at radius 3 is 2.18 bits per heavy atom. The van der Waals surface area contributed by atoms with Crippen LogP contribution >= 0.6 is 0 Å². The maximum atomic E-state index is 10.5. The molecule has 11 heavy (non-hydrogen) atoms. The number of allylic oxidation sites excluding steroid dienone is 1. The van der Waals surface area contributed by atoms with Gasteiger partial charge in [0.15, 0.2) is 5.78 Å². The number of aliphatic hydroxyl groups excluding tert-OH is 1. The average molecular weight is 156 g/mol. The van der Waals surface area contributed by atoms with Gasteiger partial charge in [0.05, 0.1) is 6.10 Å². The summed E-state index contributed by atoms with van der Waals surface area (Å²) in [6.07, 6.45) is 2.38. The summed E-state index contributed by atoms with van der Waals surface area (Å²) in [5.74, 6) is -0.0340. The molecule has 0 radical (unpaired) electrons. The SMILES string of the molecule is CC(=O)/C=C/C(O)C(C)(C)C. The van der Waals surface area contributed by atoms with E-state index in [1.165, 1.54) is 19.1 Å². The number of hydrogen-bond donors (Lipinski definition) is 1. The monoisotopic (exact) mass is 156 g/mol. The van der Waals surface area contributed by atoms with Gasteiger partial charge in [0.2, 0.25) is 0 Å². The summed E-state index contributed by atoms with van der Waals surface area (Å²) < 4.78 is 0. The van der Waals surface area contributed by atoms with E-state index in [2.05, 4.69) is 0 Å². The van der Waals surface area contributed by atoms with Gasteiger partial charge in [0.1, 0.15) is 0 Å². The van der Waals surface area contributed by atoms with Crippen molar-refractivity contribution in [1.29, 1.82) is 0 Å². The van der Waals surface area contributed by atoms with Crippen LogP contribution in [0.5, 0.6) is 0 Å². The van der Waals surface area contributed by atoms with E-state index in [4.69, 9.17) is 0 Å². The third kappa shape index (κ3) is 4.73. The van der Waals surface area contributed by atoms with E-state index in [0.29, 0.717) is 0 Å². The summed E-state index contributed by atoms with van der Waals surface area (Å²) in [5.41, 5.74) is -0.189. The van der Waals surface area contributed by atoms with E-state index in [0.717, 1.165) is 0 Å². The van der Waals surface area contributed by atoms with Crippen molar-refractivity contribution >= 4 is 5.78 Å². The maximum Gasteiger partial charge on any atom is 0.152 e. The van der Waals surface area contributed by atoms with Gasteiger partial charge in [-0.3, -0.25) is 4.79 Å². The molecule has 0 bridgehead atoms. The van der Waals surface area contributed by atoms with Gasteiger partial charge in [-0.15, -0.1) is 0 Å². The van der Waals surface area contributed by atoms with Crippen LogP contribution < -0.4 is 0 Å². The minimum absolute atomic E-state index is 0.0340. The summed E-state index contributed by atoms with van der Waals surface area (Å²) >= 11 is 0. The van der Waals surface area contributed by atoms with Crippen molar-refractivity contribution in [3.63, 3.8) is 0 Å². The summed E-state index contributed by atoms with van der Waals surface area (Å²) in [7, 11) is 0. The summed E-state index contributed by atoms with van der Waals surface area (Å²) in [4.78, 5) is 10.5. The number of rotatable bonds is 2. The molecule has 2 nitrogen and oxygen atoms in total. The zero-order valence-electron chi connectivity index (χ0n) is 7.59. The van der Waals surface area contributed by atoms with Crippen molar-refractivity contribution in [1.82, 2.24) is 0 Å². The molecule has 0 aromatic carbocycles. The Bertz CT molecular complexity index is 163. The van der Waals surface area contributed by atoms with Crippen LogP contribution in [0.3, 0.4) is 0 Å². The quantitative estimate of drug-likeness (QED) is 0.616. The first kappa shape index (κ1) is 10.4. The first-order chi connectivity index (χ1) is 4.84. The molecule has 0 aliphatic carbocycles. The molecule has 2 heteroatoms. The maximum absolute atomic E-state index is 10.5. The Hall–Kier alpha value is -0.630. The van der Waals surface area contributed by atoms with Crippen LogP contribution in [0.4, 0.5) is 0 Å². The van der Waals surface area contributed by atoms with Crippen molar-refractivity contribution in [3.05, 3.63) is 12.2 Å². The van der Waals surface area contributed by atoms with Crippen LogP contribution in [0.15, 0.2) is 12.2 Å². The molecule has 0 aliphatic heterocycles. The Balaban J connectivity index is 4.07. The molecule has 64 valence electrons. The van der Waals surface area contributed by atoms with E-state index >= 15 is 0 Å². The predicted octanol–water partition coefficient (Wildman–Crippen LogP) is 1.54. The highest BCUT2D eigenvalue weighted by atomic mass is 16.3. The molecule has 0 aromatic heterocycles. The van der Waals surface area contributed by atoms with Crippen LogP contribution in [-0.4, -0.2) is 17.0 Å². The highest BCUT2D eigenvalue weighted by molar-refractivity contribution is 5.87. The predicted molar refractivity (Wildman–Crippen MR) is 45.3 cm³/mol. The molecule has 0 spiro atoms. The Morgan fingerprint density at radius 2 is 1.91 bits per heavy atom. The fourth-order valence-corrected chi connectivity index (χ4v) is 0.515. The summed E-state index contributed by atoms with van der Waals surface area (Å²) in [6, 6.07) is 0. The number of aliphatic hydroxyl groups is 1. The van der Waals surface area contributed by atoms with E-state index < -0.39 is 6.10 Å². The second-order valence-electron chi connectivity index (χ2n) is 3.78. The molecule has 0 aliphatic rings. The average Bonchev–Trinajstić information content (AvgIpc) is 1.80. The lowest BCUT2D eigenvalue weighted by atomic mass is 9.89. The minimum atomic E-state index is -0.550. The molecule has 0 aromatic rings. The van der Waals surface area contributed by atoms with Gasteiger partial charge >= 0.3 is 0 Å². The number of carbonyl (C=O) groups excluding carboxylic acids is 1.